The van der Waals surface area contributed by atoms with Crippen molar-refractivity contribution < 1.29 is 4.74 Å². The molecule has 1 atom stereocenters. The number of ether oxygens (including phenoxy) is 1. The molecule has 1 unspecified atom stereocenters. The zero-order valence-electron chi connectivity index (χ0n) is 12.9. The maximum Gasteiger partial charge on any atom is 0.0998 e. The van der Waals surface area contributed by atoms with Gasteiger partial charge in [-0.3, -0.25) is 0 Å². The van der Waals surface area contributed by atoms with E-state index in [1.165, 1.54) is 0 Å². The number of hydrogen-bond acceptors (Lipinski definition) is 3. The van der Waals surface area contributed by atoms with E-state index in [9.17, 15) is 5.26 Å². The molecule has 2 aromatic carbocycles. The number of rotatable bonds is 6. The number of nitriles is 1. The van der Waals surface area contributed by atoms with Gasteiger partial charge in [0.2, 0.25) is 0 Å². The Hall–Kier alpha value is -2.05. The minimum Gasteiger partial charge on any atom is -0.380 e. The van der Waals surface area contributed by atoms with E-state index < -0.39 is 0 Å². The van der Waals surface area contributed by atoms with Crippen molar-refractivity contribution in [3.8, 4) is 6.07 Å². The largest absolute Gasteiger partial charge is 0.380 e. The van der Waals surface area contributed by atoms with Gasteiger partial charge in [-0.1, -0.05) is 38.1 Å². The first-order chi connectivity index (χ1) is 10.2. The predicted octanol–water partition coefficient (Wildman–Crippen LogP) is 4.18. The first-order valence-corrected chi connectivity index (χ1v) is 7.43. The van der Waals surface area contributed by atoms with Gasteiger partial charge in [0.1, 0.15) is 0 Å². The van der Waals surface area contributed by atoms with Gasteiger partial charge in [-0.2, -0.15) is 5.26 Å². The second-order valence-corrected chi connectivity index (χ2v) is 5.47. The fourth-order valence-electron chi connectivity index (χ4n) is 2.37. The Bertz CT molecular complexity index is 643. The quantitative estimate of drug-likeness (QED) is 0.864. The number of fused-ring (bicyclic) bond motifs is 1. The van der Waals surface area contributed by atoms with Crippen LogP contribution >= 0.6 is 0 Å². The summed E-state index contributed by atoms with van der Waals surface area (Å²) in [6, 6.07) is 14.4. The van der Waals surface area contributed by atoms with Crippen molar-refractivity contribution in [2.45, 2.75) is 26.8 Å². The number of anilines is 1. The van der Waals surface area contributed by atoms with Crippen LogP contribution in [0.4, 0.5) is 5.69 Å². The molecule has 0 saturated carbocycles. The minimum atomic E-state index is 0.251. The van der Waals surface area contributed by atoms with E-state index in [1.807, 2.05) is 37.3 Å². The van der Waals surface area contributed by atoms with Gasteiger partial charge in [0.15, 0.2) is 0 Å². The van der Waals surface area contributed by atoms with E-state index in [4.69, 9.17) is 4.74 Å². The van der Waals surface area contributed by atoms with Crippen LogP contribution in [0.2, 0.25) is 0 Å². The molecule has 21 heavy (non-hydrogen) atoms. The molecule has 0 aliphatic rings. The van der Waals surface area contributed by atoms with Gasteiger partial charge < -0.3 is 10.1 Å². The van der Waals surface area contributed by atoms with E-state index in [-0.39, 0.29) is 6.04 Å². The summed E-state index contributed by atoms with van der Waals surface area (Å²) in [5.41, 5.74) is 1.77. The fourth-order valence-corrected chi connectivity index (χ4v) is 2.37. The number of nitrogens with one attached hydrogen (secondary N) is 1. The molecular formula is C18H22N2O. The SMILES string of the molecule is CCOCC(Nc1ccc(C#N)c2ccccc12)C(C)C. The normalized spacial score (nSPS) is 12.3. The fraction of sp³-hybridized carbons (Fsp3) is 0.389. The lowest BCUT2D eigenvalue weighted by atomic mass is 10.0. The Morgan fingerprint density at radius 2 is 1.86 bits per heavy atom. The van der Waals surface area contributed by atoms with Crippen LogP contribution in [0.1, 0.15) is 26.3 Å². The van der Waals surface area contributed by atoms with Gasteiger partial charge in [0.25, 0.3) is 0 Å². The van der Waals surface area contributed by atoms with Gasteiger partial charge in [-0.05, 0) is 25.0 Å². The summed E-state index contributed by atoms with van der Waals surface area (Å²) in [4.78, 5) is 0. The third-order valence-electron chi connectivity index (χ3n) is 3.69. The molecule has 0 aliphatic heterocycles. The van der Waals surface area contributed by atoms with Crippen LogP contribution in [0.5, 0.6) is 0 Å². The summed E-state index contributed by atoms with van der Waals surface area (Å²) in [5.74, 6) is 0.464. The molecule has 0 amide bonds. The maximum atomic E-state index is 9.22. The highest BCUT2D eigenvalue weighted by atomic mass is 16.5. The molecule has 0 saturated heterocycles. The molecule has 0 bridgehead atoms. The Kier molecular flexibility index (Phi) is 5.19. The second-order valence-electron chi connectivity index (χ2n) is 5.47. The van der Waals surface area contributed by atoms with Crippen molar-refractivity contribution in [2.24, 2.45) is 5.92 Å². The maximum absolute atomic E-state index is 9.22. The zero-order valence-corrected chi connectivity index (χ0v) is 12.9. The summed E-state index contributed by atoms with van der Waals surface area (Å²) >= 11 is 0. The van der Waals surface area contributed by atoms with E-state index in [0.717, 1.165) is 23.1 Å². The molecule has 0 spiro atoms. The highest BCUT2D eigenvalue weighted by Crippen LogP contribution is 2.27. The predicted molar refractivity (Wildman–Crippen MR) is 87.4 cm³/mol. The summed E-state index contributed by atoms with van der Waals surface area (Å²) < 4.78 is 5.57. The Morgan fingerprint density at radius 1 is 1.14 bits per heavy atom. The molecule has 2 rings (SSSR count). The second kappa shape index (κ2) is 7.10. The van der Waals surface area contributed by atoms with Crippen LogP contribution in [0, 0.1) is 17.2 Å². The Balaban J connectivity index is 2.36. The molecule has 2 aromatic rings. The Labute approximate surface area is 126 Å². The van der Waals surface area contributed by atoms with Crippen molar-refractivity contribution in [2.75, 3.05) is 18.5 Å². The minimum absolute atomic E-state index is 0.251. The van der Waals surface area contributed by atoms with Crippen molar-refractivity contribution in [3.63, 3.8) is 0 Å². The molecule has 0 aliphatic carbocycles. The zero-order chi connectivity index (χ0) is 15.2. The average Bonchev–Trinajstić information content (AvgIpc) is 2.51. The number of nitrogens with zero attached hydrogens (tertiary/aromatic N) is 1. The van der Waals surface area contributed by atoms with Crippen LogP contribution in [0.3, 0.4) is 0 Å². The smallest absolute Gasteiger partial charge is 0.0998 e. The first-order valence-electron chi connectivity index (χ1n) is 7.43. The van der Waals surface area contributed by atoms with E-state index in [0.29, 0.717) is 18.1 Å². The molecule has 0 fully saturated rings. The summed E-state index contributed by atoms with van der Waals surface area (Å²) in [6.07, 6.45) is 0. The van der Waals surface area contributed by atoms with Gasteiger partial charge >= 0.3 is 0 Å². The van der Waals surface area contributed by atoms with Crippen LogP contribution in [-0.2, 0) is 4.74 Å². The van der Waals surface area contributed by atoms with Crippen molar-refractivity contribution in [3.05, 3.63) is 42.0 Å². The van der Waals surface area contributed by atoms with Crippen LogP contribution in [0.25, 0.3) is 10.8 Å². The summed E-state index contributed by atoms with van der Waals surface area (Å²) in [6.45, 7) is 7.78. The molecule has 110 valence electrons. The average molecular weight is 282 g/mol. The van der Waals surface area contributed by atoms with Gasteiger partial charge in [0.05, 0.1) is 24.3 Å². The lowest BCUT2D eigenvalue weighted by molar-refractivity contribution is 0.127. The third-order valence-corrected chi connectivity index (χ3v) is 3.69. The standard InChI is InChI=1S/C18H22N2O/c1-4-21-12-18(13(2)3)20-17-10-9-14(11-19)15-7-5-6-8-16(15)17/h5-10,13,18,20H,4,12H2,1-3H3. The number of benzene rings is 2. The topological polar surface area (TPSA) is 45.0 Å². The van der Waals surface area contributed by atoms with Crippen molar-refractivity contribution in [1.82, 2.24) is 0 Å². The monoisotopic (exact) mass is 282 g/mol. The van der Waals surface area contributed by atoms with Crippen LogP contribution in [-0.4, -0.2) is 19.3 Å². The third kappa shape index (κ3) is 3.53. The van der Waals surface area contributed by atoms with Crippen LogP contribution in [0.15, 0.2) is 36.4 Å². The lowest BCUT2D eigenvalue weighted by Gasteiger charge is -2.24. The molecule has 0 heterocycles. The summed E-state index contributed by atoms with van der Waals surface area (Å²) in [7, 11) is 0. The van der Waals surface area contributed by atoms with Crippen molar-refractivity contribution in [1.29, 1.82) is 5.26 Å². The highest BCUT2D eigenvalue weighted by molar-refractivity contribution is 5.97. The molecule has 3 heteroatoms. The molecule has 3 nitrogen and oxygen atoms in total. The molecular weight excluding hydrogens is 260 g/mol. The lowest BCUT2D eigenvalue weighted by Crippen LogP contribution is -2.31. The van der Waals surface area contributed by atoms with Crippen LogP contribution < -0.4 is 5.32 Å². The summed E-state index contributed by atoms with van der Waals surface area (Å²) in [5, 5.41) is 14.9. The molecule has 0 aromatic heterocycles. The van der Waals surface area contributed by atoms with E-state index in [1.54, 1.807) is 0 Å². The van der Waals surface area contributed by atoms with E-state index in [2.05, 4.69) is 31.3 Å². The highest BCUT2D eigenvalue weighted by Gasteiger charge is 2.15. The van der Waals surface area contributed by atoms with Crippen molar-refractivity contribution >= 4 is 16.5 Å². The number of hydrogen-bond donors (Lipinski definition) is 1. The van der Waals surface area contributed by atoms with E-state index >= 15 is 0 Å². The molecule has 0 radical (unpaired) electrons. The van der Waals surface area contributed by atoms with Gasteiger partial charge in [-0.25, -0.2) is 0 Å². The first kappa shape index (κ1) is 15.3. The van der Waals surface area contributed by atoms with Gasteiger partial charge in [0, 0.05) is 23.1 Å². The Morgan fingerprint density at radius 3 is 2.48 bits per heavy atom. The molecule has 1 N–H and O–H groups in total. The van der Waals surface area contributed by atoms with Gasteiger partial charge in [-0.15, -0.1) is 0 Å².